The zero-order valence-corrected chi connectivity index (χ0v) is 22.3. The number of sulfonamides is 1. The molecular weight excluding hydrogens is 448 g/mol. The summed E-state index contributed by atoms with van der Waals surface area (Å²) in [7, 11) is -2.09. The fourth-order valence-corrected chi connectivity index (χ4v) is 5.49. The predicted octanol–water partition coefficient (Wildman–Crippen LogP) is 5.75. The van der Waals surface area contributed by atoms with E-state index in [1.165, 1.54) is 4.31 Å². The molecule has 0 saturated carbocycles. The number of amides is 1. The zero-order valence-electron chi connectivity index (χ0n) is 21.5. The molecule has 7 heteroatoms. The largest absolute Gasteiger partial charge is 0.444 e. The highest BCUT2D eigenvalue weighted by atomic mass is 32.2. The molecule has 2 aromatic carbocycles. The van der Waals surface area contributed by atoms with E-state index < -0.39 is 15.6 Å². The standard InChI is InChI=1S/C27H38N2O4S/c1-8-15-29(26(30)33-27(4,5)6)24-16-21-9-12-23(17-22(21)18-24)28(7)34(31,32)25-13-10-20(11-14-25)19(2)3/h9-14,17,19,24H,8,15-16,18H2,1-7H3/t24-/m0/s1. The van der Waals surface area contributed by atoms with E-state index in [4.69, 9.17) is 4.74 Å². The highest BCUT2D eigenvalue weighted by Gasteiger charge is 2.33. The fraction of sp³-hybridized carbons (Fsp3) is 0.519. The Labute approximate surface area is 205 Å². The molecule has 0 N–H and O–H groups in total. The summed E-state index contributed by atoms with van der Waals surface area (Å²) < 4.78 is 33.5. The van der Waals surface area contributed by atoms with Crippen LogP contribution < -0.4 is 4.31 Å². The number of benzene rings is 2. The Bertz CT molecular complexity index is 1120. The van der Waals surface area contributed by atoms with Crippen LogP contribution in [0.15, 0.2) is 47.4 Å². The number of hydrogen-bond donors (Lipinski definition) is 0. The van der Waals surface area contributed by atoms with Gasteiger partial charge in [-0.2, -0.15) is 0 Å². The van der Waals surface area contributed by atoms with Crippen LogP contribution in [-0.2, 0) is 27.6 Å². The normalized spacial score (nSPS) is 15.8. The van der Waals surface area contributed by atoms with Gasteiger partial charge in [-0.3, -0.25) is 4.31 Å². The number of carbonyl (C=O) groups excluding carboxylic acids is 1. The summed E-state index contributed by atoms with van der Waals surface area (Å²) in [6, 6.07) is 12.9. The Kier molecular flexibility index (Phi) is 7.65. The molecule has 1 aliphatic carbocycles. The molecular formula is C27H38N2O4S. The van der Waals surface area contributed by atoms with Crippen LogP contribution in [0.4, 0.5) is 10.5 Å². The van der Waals surface area contributed by atoms with Gasteiger partial charge in [-0.1, -0.05) is 39.0 Å². The van der Waals surface area contributed by atoms with Crippen LogP contribution in [0.5, 0.6) is 0 Å². The van der Waals surface area contributed by atoms with Crippen LogP contribution in [0.3, 0.4) is 0 Å². The van der Waals surface area contributed by atoms with Crippen molar-refractivity contribution in [3.63, 3.8) is 0 Å². The van der Waals surface area contributed by atoms with Crippen molar-refractivity contribution >= 4 is 21.8 Å². The summed E-state index contributed by atoms with van der Waals surface area (Å²) in [5.41, 5.74) is 3.39. The van der Waals surface area contributed by atoms with Crippen LogP contribution in [0, 0.1) is 0 Å². The van der Waals surface area contributed by atoms with Gasteiger partial charge in [-0.05, 0) is 86.9 Å². The molecule has 0 heterocycles. The van der Waals surface area contributed by atoms with Crippen LogP contribution in [0.2, 0.25) is 0 Å². The van der Waals surface area contributed by atoms with E-state index in [2.05, 4.69) is 13.8 Å². The van der Waals surface area contributed by atoms with Crippen molar-refractivity contribution in [3.05, 3.63) is 59.2 Å². The van der Waals surface area contributed by atoms with Crippen LogP contribution >= 0.6 is 0 Å². The van der Waals surface area contributed by atoms with Gasteiger partial charge >= 0.3 is 6.09 Å². The Morgan fingerprint density at radius 2 is 1.68 bits per heavy atom. The molecule has 0 unspecified atom stereocenters. The minimum Gasteiger partial charge on any atom is -0.444 e. The molecule has 3 rings (SSSR count). The Hall–Kier alpha value is -2.54. The van der Waals surface area contributed by atoms with E-state index in [0.29, 0.717) is 24.6 Å². The lowest BCUT2D eigenvalue weighted by Gasteiger charge is -2.31. The van der Waals surface area contributed by atoms with Gasteiger partial charge in [0.15, 0.2) is 0 Å². The van der Waals surface area contributed by atoms with Crippen molar-refractivity contribution in [2.45, 2.75) is 83.3 Å². The molecule has 186 valence electrons. The number of ether oxygens (including phenoxy) is 1. The number of anilines is 1. The van der Waals surface area contributed by atoms with Crippen molar-refractivity contribution in [1.29, 1.82) is 0 Å². The van der Waals surface area contributed by atoms with Gasteiger partial charge in [0.2, 0.25) is 0 Å². The molecule has 0 bridgehead atoms. The third kappa shape index (κ3) is 5.74. The van der Waals surface area contributed by atoms with Gasteiger partial charge in [0, 0.05) is 19.6 Å². The Morgan fingerprint density at radius 3 is 2.24 bits per heavy atom. The lowest BCUT2D eigenvalue weighted by atomic mass is 10.0. The first kappa shape index (κ1) is 26.1. The summed E-state index contributed by atoms with van der Waals surface area (Å²) in [4.78, 5) is 14.9. The monoisotopic (exact) mass is 486 g/mol. The molecule has 0 spiro atoms. The maximum absolute atomic E-state index is 13.3. The average molecular weight is 487 g/mol. The summed E-state index contributed by atoms with van der Waals surface area (Å²) in [5.74, 6) is 0.340. The Balaban J connectivity index is 1.80. The third-order valence-corrected chi connectivity index (χ3v) is 8.00. The topological polar surface area (TPSA) is 66.9 Å². The molecule has 1 amide bonds. The molecule has 0 saturated heterocycles. The summed E-state index contributed by atoms with van der Waals surface area (Å²) in [6.07, 6.45) is 1.96. The average Bonchev–Trinajstić information content (AvgIpc) is 3.18. The van der Waals surface area contributed by atoms with Gasteiger partial charge in [0.25, 0.3) is 10.0 Å². The van der Waals surface area contributed by atoms with Gasteiger partial charge in [-0.15, -0.1) is 0 Å². The van der Waals surface area contributed by atoms with E-state index >= 15 is 0 Å². The van der Waals surface area contributed by atoms with Gasteiger partial charge < -0.3 is 9.64 Å². The second kappa shape index (κ2) is 9.98. The number of nitrogens with zero attached hydrogens (tertiary/aromatic N) is 2. The summed E-state index contributed by atoms with van der Waals surface area (Å²) >= 11 is 0. The zero-order chi connectivity index (χ0) is 25.3. The Morgan fingerprint density at radius 1 is 1.06 bits per heavy atom. The highest BCUT2D eigenvalue weighted by Crippen LogP contribution is 2.32. The lowest BCUT2D eigenvalue weighted by Crippen LogP contribution is -2.44. The van der Waals surface area contributed by atoms with Crippen molar-refractivity contribution in [2.75, 3.05) is 17.9 Å². The number of fused-ring (bicyclic) bond motifs is 1. The van der Waals surface area contributed by atoms with Gasteiger partial charge in [0.05, 0.1) is 10.6 Å². The minimum atomic E-state index is -3.68. The smallest absolute Gasteiger partial charge is 0.410 e. The van der Waals surface area contributed by atoms with E-state index in [1.807, 2.05) is 62.9 Å². The van der Waals surface area contributed by atoms with Crippen LogP contribution in [-0.4, -0.2) is 44.6 Å². The van der Waals surface area contributed by atoms with E-state index in [0.717, 1.165) is 29.5 Å². The SMILES string of the molecule is CCCN(C(=O)OC(C)(C)C)[C@H]1Cc2ccc(N(C)S(=O)(=O)c3ccc(C(C)C)cc3)cc2C1. The van der Waals surface area contributed by atoms with E-state index in [1.54, 1.807) is 19.2 Å². The van der Waals surface area contributed by atoms with Gasteiger partial charge in [-0.25, -0.2) is 13.2 Å². The van der Waals surface area contributed by atoms with E-state index in [9.17, 15) is 13.2 Å². The maximum atomic E-state index is 13.3. The fourth-order valence-electron chi connectivity index (χ4n) is 4.30. The first-order chi connectivity index (χ1) is 15.8. The van der Waals surface area contributed by atoms with Gasteiger partial charge in [0.1, 0.15) is 5.60 Å². The number of hydrogen-bond acceptors (Lipinski definition) is 4. The molecule has 0 fully saturated rings. The molecule has 0 aliphatic heterocycles. The summed E-state index contributed by atoms with van der Waals surface area (Å²) in [6.45, 7) is 12.5. The van der Waals surface area contributed by atoms with Crippen molar-refractivity contribution in [2.24, 2.45) is 0 Å². The van der Waals surface area contributed by atoms with Crippen LogP contribution in [0.25, 0.3) is 0 Å². The number of carbonyl (C=O) groups is 1. The quantitative estimate of drug-likeness (QED) is 0.500. The summed E-state index contributed by atoms with van der Waals surface area (Å²) in [5, 5.41) is 0. The molecule has 1 aliphatic rings. The van der Waals surface area contributed by atoms with Crippen LogP contribution in [0.1, 0.15) is 70.6 Å². The molecule has 0 aromatic heterocycles. The minimum absolute atomic E-state index is 0.00513. The van der Waals surface area contributed by atoms with E-state index in [-0.39, 0.29) is 17.0 Å². The molecule has 1 atom stereocenters. The van der Waals surface area contributed by atoms with Crippen molar-refractivity contribution < 1.29 is 17.9 Å². The first-order valence-corrected chi connectivity index (χ1v) is 13.5. The van der Waals surface area contributed by atoms with Crippen molar-refractivity contribution in [3.8, 4) is 0 Å². The second-order valence-electron chi connectivity index (χ2n) is 10.4. The molecule has 34 heavy (non-hydrogen) atoms. The highest BCUT2D eigenvalue weighted by molar-refractivity contribution is 7.92. The second-order valence-corrected chi connectivity index (χ2v) is 12.4. The first-order valence-electron chi connectivity index (χ1n) is 12.0. The number of rotatable bonds is 7. The third-order valence-electron chi connectivity index (χ3n) is 6.20. The van der Waals surface area contributed by atoms with Crippen molar-refractivity contribution in [1.82, 2.24) is 4.90 Å². The predicted molar refractivity (Wildman–Crippen MR) is 137 cm³/mol. The molecule has 0 radical (unpaired) electrons. The molecule has 2 aromatic rings. The molecule has 6 nitrogen and oxygen atoms in total. The maximum Gasteiger partial charge on any atom is 0.410 e. The lowest BCUT2D eigenvalue weighted by molar-refractivity contribution is 0.0169.